The molecule has 0 radical (unpaired) electrons. The number of rotatable bonds is 9. The van der Waals surface area contributed by atoms with E-state index in [1.807, 2.05) is 24.3 Å². The first kappa shape index (κ1) is 21.5. The van der Waals surface area contributed by atoms with Crippen LogP contribution in [0, 0.1) is 5.92 Å². The van der Waals surface area contributed by atoms with Gasteiger partial charge in [0.05, 0.1) is 5.52 Å². The van der Waals surface area contributed by atoms with Crippen molar-refractivity contribution >= 4 is 16.7 Å². The highest BCUT2D eigenvalue weighted by atomic mass is 16.1. The number of aromatic amines is 1. The molecule has 3 aromatic carbocycles. The molecule has 0 saturated carbocycles. The lowest BCUT2D eigenvalue weighted by Gasteiger charge is -2.19. The van der Waals surface area contributed by atoms with Crippen molar-refractivity contribution in [3.8, 4) is 11.1 Å². The maximum Gasteiger partial charge on any atom is 0.191 e. The minimum Gasteiger partial charge on any atom is -0.371 e. The van der Waals surface area contributed by atoms with E-state index >= 15 is 0 Å². The highest BCUT2D eigenvalue weighted by Crippen LogP contribution is 2.36. The Morgan fingerprint density at radius 2 is 1.73 bits per heavy atom. The summed E-state index contributed by atoms with van der Waals surface area (Å²) in [5.74, 6) is 1.28. The summed E-state index contributed by atoms with van der Waals surface area (Å²) < 4.78 is 0. The number of hydrogen-bond acceptors (Lipinski definition) is 3. The Bertz CT molecular complexity index is 1320. The number of aromatic nitrogens is 1. The van der Waals surface area contributed by atoms with Crippen LogP contribution in [0.25, 0.3) is 22.0 Å². The van der Waals surface area contributed by atoms with Crippen LogP contribution in [0.4, 0.5) is 5.82 Å². The Morgan fingerprint density at radius 3 is 2.64 bits per heavy atom. The van der Waals surface area contributed by atoms with Gasteiger partial charge in [0.15, 0.2) is 5.43 Å². The van der Waals surface area contributed by atoms with Crippen molar-refractivity contribution in [1.29, 1.82) is 0 Å². The summed E-state index contributed by atoms with van der Waals surface area (Å²) in [5.41, 5.74) is 7.89. The van der Waals surface area contributed by atoms with Crippen LogP contribution in [0.5, 0.6) is 0 Å². The molecule has 4 aromatic rings. The van der Waals surface area contributed by atoms with E-state index in [9.17, 15) is 4.79 Å². The highest BCUT2D eigenvalue weighted by Gasteiger charge is 2.17. The van der Waals surface area contributed by atoms with Crippen LogP contribution in [0.1, 0.15) is 36.5 Å². The molecule has 1 heterocycles. The zero-order valence-corrected chi connectivity index (χ0v) is 19.2. The molecular formula is C29H31N3O. The van der Waals surface area contributed by atoms with Gasteiger partial charge in [-0.25, -0.2) is 0 Å². The van der Waals surface area contributed by atoms with E-state index in [1.54, 1.807) is 6.07 Å². The van der Waals surface area contributed by atoms with Gasteiger partial charge >= 0.3 is 0 Å². The Hall–Kier alpha value is -3.37. The van der Waals surface area contributed by atoms with Gasteiger partial charge in [-0.2, -0.15) is 0 Å². The molecule has 4 nitrogen and oxygen atoms in total. The number of hydrogen-bond donors (Lipinski definition) is 3. The van der Waals surface area contributed by atoms with Crippen LogP contribution >= 0.6 is 0 Å². The number of H-pyrrole nitrogens is 1. The molecule has 3 N–H and O–H groups in total. The van der Waals surface area contributed by atoms with Gasteiger partial charge in [0.2, 0.25) is 0 Å². The lowest BCUT2D eigenvalue weighted by Crippen LogP contribution is -2.28. The second kappa shape index (κ2) is 9.63. The van der Waals surface area contributed by atoms with E-state index in [0.717, 1.165) is 55.6 Å². The van der Waals surface area contributed by atoms with Crippen LogP contribution in [-0.2, 0) is 13.0 Å². The van der Waals surface area contributed by atoms with Crippen LogP contribution < -0.4 is 16.1 Å². The fourth-order valence-corrected chi connectivity index (χ4v) is 4.96. The number of nitrogens with one attached hydrogen (secondary N) is 3. The summed E-state index contributed by atoms with van der Waals surface area (Å²) in [6, 6.07) is 24.9. The molecule has 1 unspecified atom stereocenters. The third kappa shape index (κ3) is 4.71. The Labute approximate surface area is 195 Å². The van der Waals surface area contributed by atoms with Crippen molar-refractivity contribution in [1.82, 2.24) is 10.3 Å². The number of anilines is 1. The number of para-hydroxylation sites is 1. The number of pyridine rings is 1. The maximum absolute atomic E-state index is 12.4. The Kier molecular flexibility index (Phi) is 6.27. The van der Waals surface area contributed by atoms with Gasteiger partial charge in [-0.05, 0) is 65.3 Å². The van der Waals surface area contributed by atoms with E-state index in [0.29, 0.717) is 5.92 Å². The van der Waals surface area contributed by atoms with Gasteiger partial charge in [-0.1, -0.05) is 67.9 Å². The zero-order chi connectivity index (χ0) is 22.6. The van der Waals surface area contributed by atoms with Crippen molar-refractivity contribution in [2.45, 2.75) is 32.7 Å². The zero-order valence-electron chi connectivity index (χ0n) is 19.2. The van der Waals surface area contributed by atoms with E-state index in [1.165, 1.54) is 27.8 Å². The van der Waals surface area contributed by atoms with Crippen LogP contribution in [0.2, 0.25) is 0 Å². The molecule has 33 heavy (non-hydrogen) atoms. The molecule has 0 amide bonds. The smallest absolute Gasteiger partial charge is 0.191 e. The second-order valence-electron chi connectivity index (χ2n) is 9.08. The topological polar surface area (TPSA) is 56.9 Å². The Balaban J connectivity index is 1.18. The summed E-state index contributed by atoms with van der Waals surface area (Å²) in [7, 11) is 0. The molecule has 1 aliphatic carbocycles. The average molecular weight is 438 g/mol. The normalized spacial score (nSPS) is 13.0. The van der Waals surface area contributed by atoms with Crippen molar-refractivity contribution < 1.29 is 0 Å². The summed E-state index contributed by atoms with van der Waals surface area (Å²) in [6.45, 7) is 4.87. The average Bonchev–Trinajstić information content (AvgIpc) is 3.20. The third-order valence-corrected chi connectivity index (χ3v) is 6.64. The Morgan fingerprint density at radius 1 is 0.909 bits per heavy atom. The SMILES string of the molecule is CCCC(CNCc1ccc2c(c1)Cc1ccccc1-2)CNc1cc(=O)c2ccccc2[nH]1. The third-order valence-electron chi connectivity index (χ3n) is 6.64. The summed E-state index contributed by atoms with van der Waals surface area (Å²) in [6.07, 6.45) is 3.31. The lowest BCUT2D eigenvalue weighted by molar-refractivity contribution is 0.459. The molecule has 4 heteroatoms. The van der Waals surface area contributed by atoms with Gasteiger partial charge in [-0.15, -0.1) is 0 Å². The largest absolute Gasteiger partial charge is 0.371 e. The van der Waals surface area contributed by atoms with Crippen molar-refractivity contribution in [2.24, 2.45) is 5.92 Å². The molecule has 1 atom stereocenters. The first-order valence-corrected chi connectivity index (χ1v) is 12.0. The molecule has 168 valence electrons. The molecule has 1 aromatic heterocycles. The molecule has 1 aliphatic rings. The first-order chi connectivity index (χ1) is 16.2. The minimum atomic E-state index is 0.0516. The molecule has 5 rings (SSSR count). The van der Waals surface area contributed by atoms with Crippen LogP contribution in [0.3, 0.4) is 0 Å². The minimum absolute atomic E-state index is 0.0516. The molecular weight excluding hydrogens is 406 g/mol. The molecule has 0 saturated heterocycles. The van der Waals surface area contributed by atoms with Gasteiger partial charge in [0, 0.05) is 24.5 Å². The van der Waals surface area contributed by atoms with E-state index in [-0.39, 0.29) is 5.43 Å². The highest BCUT2D eigenvalue weighted by molar-refractivity contribution is 5.80. The predicted octanol–water partition coefficient (Wildman–Crippen LogP) is 5.72. The van der Waals surface area contributed by atoms with Crippen LogP contribution in [-0.4, -0.2) is 18.1 Å². The van der Waals surface area contributed by atoms with Gasteiger partial charge < -0.3 is 15.6 Å². The van der Waals surface area contributed by atoms with E-state index in [2.05, 4.69) is 65.0 Å². The molecule has 0 aliphatic heterocycles. The van der Waals surface area contributed by atoms with E-state index in [4.69, 9.17) is 0 Å². The van der Waals surface area contributed by atoms with Gasteiger partial charge in [-0.3, -0.25) is 4.79 Å². The van der Waals surface area contributed by atoms with Crippen molar-refractivity contribution in [2.75, 3.05) is 18.4 Å². The molecule has 0 spiro atoms. The fourth-order valence-electron chi connectivity index (χ4n) is 4.96. The lowest BCUT2D eigenvalue weighted by atomic mass is 10.0. The van der Waals surface area contributed by atoms with Crippen molar-refractivity contribution in [3.05, 3.63) is 99.7 Å². The number of fused-ring (bicyclic) bond motifs is 4. The molecule has 0 bridgehead atoms. The summed E-state index contributed by atoms with van der Waals surface area (Å²) >= 11 is 0. The molecule has 0 fully saturated rings. The summed E-state index contributed by atoms with van der Waals surface area (Å²) in [5, 5.41) is 7.85. The maximum atomic E-state index is 12.4. The fraction of sp³-hybridized carbons (Fsp3) is 0.276. The summed E-state index contributed by atoms with van der Waals surface area (Å²) in [4.78, 5) is 15.7. The quantitative estimate of drug-likeness (QED) is 0.277. The van der Waals surface area contributed by atoms with Gasteiger partial charge in [0.1, 0.15) is 5.82 Å². The van der Waals surface area contributed by atoms with Crippen molar-refractivity contribution in [3.63, 3.8) is 0 Å². The van der Waals surface area contributed by atoms with E-state index < -0.39 is 0 Å². The predicted molar refractivity (Wildman–Crippen MR) is 138 cm³/mol. The monoisotopic (exact) mass is 437 g/mol. The number of benzene rings is 3. The standard InChI is InChI=1S/C29H31N3O/c1-2-7-21(19-31-29-16-28(33)26-10-5-6-11-27(26)32-29)18-30-17-20-12-13-25-23(14-20)15-22-8-3-4-9-24(22)25/h3-6,8-14,16,21,30H,2,7,15,17-19H2,1H3,(H2,31,32,33). The first-order valence-electron chi connectivity index (χ1n) is 12.0. The van der Waals surface area contributed by atoms with Gasteiger partial charge in [0.25, 0.3) is 0 Å². The second-order valence-corrected chi connectivity index (χ2v) is 9.08. The van der Waals surface area contributed by atoms with Crippen LogP contribution in [0.15, 0.2) is 77.6 Å².